The summed E-state index contributed by atoms with van der Waals surface area (Å²) in [5.41, 5.74) is -2.29. The molecule has 0 aromatic heterocycles. The Morgan fingerprint density at radius 3 is 1.94 bits per heavy atom. The minimum atomic E-state index is -1.77. The number of carboxylic acids is 1. The van der Waals surface area contributed by atoms with Crippen LogP contribution in [0.3, 0.4) is 0 Å². The minimum Gasteiger partial charge on any atom is -0.477 e. The van der Waals surface area contributed by atoms with E-state index in [1.807, 2.05) is 0 Å². The van der Waals surface area contributed by atoms with Gasteiger partial charge in [0.1, 0.15) is 11.6 Å². The van der Waals surface area contributed by atoms with Gasteiger partial charge in [-0.05, 0) is 28.7 Å². The molecular formula is C10H2F4INO2. The van der Waals surface area contributed by atoms with E-state index in [1.54, 1.807) is 0 Å². The summed E-state index contributed by atoms with van der Waals surface area (Å²) in [4.78, 5) is 10.5. The van der Waals surface area contributed by atoms with Gasteiger partial charge in [0.25, 0.3) is 0 Å². The van der Waals surface area contributed by atoms with Crippen molar-refractivity contribution in [3.05, 3.63) is 38.0 Å². The highest BCUT2D eigenvalue weighted by molar-refractivity contribution is 14.1. The molecule has 0 spiro atoms. The van der Waals surface area contributed by atoms with Gasteiger partial charge in [-0.15, -0.1) is 0 Å². The maximum atomic E-state index is 13.3. The molecule has 94 valence electrons. The van der Waals surface area contributed by atoms with Crippen LogP contribution in [-0.4, -0.2) is 11.1 Å². The summed E-state index contributed by atoms with van der Waals surface area (Å²) in [6, 6.07) is 1.14. The molecule has 0 aliphatic heterocycles. The first kappa shape index (κ1) is 14.4. The monoisotopic (exact) mass is 371 g/mol. The molecule has 1 N–H and O–H groups in total. The standard InChI is InChI=1S/C10H2F4INO2/c11-5-4(1-3(2-16)10(17)18)6(12)8(14)9(15)7(5)13/h1H,(H,17,18). The normalized spacial score (nSPS) is 11.2. The quantitative estimate of drug-likeness (QED) is 0.217. The van der Waals surface area contributed by atoms with Gasteiger partial charge in [-0.2, -0.15) is 5.26 Å². The fourth-order valence-electron chi connectivity index (χ4n) is 1.03. The van der Waals surface area contributed by atoms with Gasteiger partial charge in [-0.3, -0.25) is 0 Å². The molecule has 0 bridgehead atoms. The third kappa shape index (κ3) is 2.45. The van der Waals surface area contributed by atoms with Gasteiger partial charge in [-0.1, -0.05) is 0 Å². The SMILES string of the molecule is N#CC(=Cc1c(F)c(F)c(I)c(F)c1F)C(=O)O. The Kier molecular flexibility index (Phi) is 4.28. The lowest BCUT2D eigenvalue weighted by Gasteiger charge is -2.05. The molecule has 0 saturated heterocycles. The van der Waals surface area contributed by atoms with Gasteiger partial charge in [0, 0.05) is 0 Å². The Morgan fingerprint density at radius 2 is 1.61 bits per heavy atom. The number of rotatable bonds is 2. The third-order valence-electron chi connectivity index (χ3n) is 1.88. The van der Waals surface area contributed by atoms with Crippen molar-refractivity contribution in [3.63, 3.8) is 0 Å². The number of carboxylic acid groups (broad SMARTS) is 1. The van der Waals surface area contributed by atoms with E-state index < -0.39 is 43.9 Å². The molecule has 0 aliphatic carbocycles. The second kappa shape index (κ2) is 5.34. The number of benzene rings is 1. The summed E-state index contributed by atoms with van der Waals surface area (Å²) in [6.07, 6.45) is 0.231. The number of hydrogen-bond acceptors (Lipinski definition) is 2. The van der Waals surface area contributed by atoms with Crippen molar-refractivity contribution in [1.82, 2.24) is 0 Å². The Hall–Kier alpha value is -1.63. The summed E-state index contributed by atoms with van der Waals surface area (Å²) in [5.74, 6) is -8.58. The number of hydrogen-bond donors (Lipinski definition) is 1. The molecule has 8 heteroatoms. The molecule has 0 amide bonds. The van der Waals surface area contributed by atoms with Gasteiger partial charge in [0.15, 0.2) is 23.3 Å². The number of aliphatic carboxylic acids is 1. The lowest BCUT2D eigenvalue weighted by molar-refractivity contribution is -0.132. The zero-order chi connectivity index (χ0) is 14.0. The number of carbonyl (C=O) groups is 1. The van der Waals surface area contributed by atoms with Gasteiger partial charge in [-0.25, -0.2) is 22.4 Å². The van der Waals surface area contributed by atoms with Crippen molar-refractivity contribution in [2.45, 2.75) is 0 Å². The van der Waals surface area contributed by atoms with Crippen LogP contribution in [0.15, 0.2) is 5.57 Å². The first-order chi connectivity index (χ1) is 8.31. The highest BCUT2D eigenvalue weighted by Crippen LogP contribution is 2.26. The Bertz CT molecular complexity index is 578. The fraction of sp³-hybridized carbons (Fsp3) is 0. The second-order valence-electron chi connectivity index (χ2n) is 2.96. The van der Waals surface area contributed by atoms with Gasteiger partial charge in [0.2, 0.25) is 0 Å². The summed E-state index contributed by atoms with van der Waals surface area (Å²) >= 11 is 1.06. The molecule has 18 heavy (non-hydrogen) atoms. The van der Waals surface area contributed by atoms with Crippen LogP contribution in [0.2, 0.25) is 0 Å². The fourth-order valence-corrected chi connectivity index (χ4v) is 1.51. The Morgan fingerprint density at radius 1 is 1.17 bits per heavy atom. The van der Waals surface area contributed by atoms with E-state index in [1.165, 1.54) is 0 Å². The molecule has 1 aromatic rings. The van der Waals surface area contributed by atoms with E-state index in [-0.39, 0.29) is 6.08 Å². The highest BCUT2D eigenvalue weighted by atomic mass is 127. The lowest BCUT2D eigenvalue weighted by Crippen LogP contribution is -2.05. The molecule has 1 rings (SSSR count). The summed E-state index contributed by atoms with van der Waals surface area (Å²) in [7, 11) is 0. The first-order valence-corrected chi connectivity index (χ1v) is 5.25. The van der Waals surface area contributed by atoms with E-state index in [4.69, 9.17) is 10.4 Å². The van der Waals surface area contributed by atoms with Crippen molar-refractivity contribution >= 4 is 34.6 Å². The largest absolute Gasteiger partial charge is 0.477 e. The highest BCUT2D eigenvalue weighted by Gasteiger charge is 2.23. The van der Waals surface area contributed by atoms with Crippen molar-refractivity contribution in [2.24, 2.45) is 0 Å². The molecule has 0 heterocycles. The van der Waals surface area contributed by atoms with Crippen molar-refractivity contribution in [2.75, 3.05) is 0 Å². The van der Waals surface area contributed by atoms with Crippen molar-refractivity contribution in [3.8, 4) is 6.07 Å². The topological polar surface area (TPSA) is 61.1 Å². The Labute approximate surface area is 111 Å². The van der Waals surface area contributed by atoms with E-state index in [2.05, 4.69) is 0 Å². The predicted octanol–water partition coefficient (Wildman–Crippen LogP) is 2.84. The van der Waals surface area contributed by atoms with E-state index in [0.717, 1.165) is 28.7 Å². The molecule has 0 saturated carbocycles. The maximum absolute atomic E-state index is 13.3. The maximum Gasteiger partial charge on any atom is 0.346 e. The average molecular weight is 371 g/mol. The number of halogens is 5. The number of nitriles is 1. The number of nitrogens with zero attached hydrogens (tertiary/aromatic N) is 1. The van der Waals surface area contributed by atoms with Crippen molar-refractivity contribution < 1.29 is 27.5 Å². The Balaban J connectivity index is 3.63. The van der Waals surface area contributed by atoms with Crippen LogP contribution in [0.1, 0.15) is 5.56 Å². The van der Waals surface area contributed by atoms with Crippen LogP contribution in [0.5, 0.6) is 0 Å². The third-order valence-corrected chi connectivity index (χ3v) is 2.83. The average Bonchev–Trinajstić information content (AvgIpc) is 2.34. The van der Waals surface area contributed by atoms with Crippen molar-refractivity contribution in [1.29, 1.82) is 5.26 Å². The molecule has 0 fully saturated rings. The molecule has 0 unspecified atom stereocenters. The minimum absolute atomic E-state index is 0.231. The first-order valence-electron chi connectivity index (χ1n) is 4.17. The van der Waals surface area contributed by atoms with Crippen LogP contribution in [0.25, 0.3) is 6.08 Å². The lowest BCUT2D eigenvalue weighted by atomic mass is 10.1. The van der Waals surface area contributed by atoms with Gasteiger partial charge >= 0.3 is 5.97 Å². The molecular weight excluding hydrogens is 369 g/mol. The molecule has 0 radical (unpaired) electrons. The van der Waals surface area contributed by atoms with E-state index in [0.29, 0.717) is 0 Å². The van der Waals surface area contributed by atoms with Crippen LogP contribution >= 0.6 is 22.6 Å². The smallest absolute Gasteiger partial charge is 0.346 e. The van der Waals surface area contributed by atoms with E-state index in [9.17, 15) is 22.4 Å². The summed E-state index contributed by atoms with van der Waals surface area (Å²) in [5, 5.41) is 16.9. The molecule has 1 aromatic carbocycles. The van der Waals surface area contributed by atoms with Crippen LogP contribution in [0.4, 0.5) is 17.6 Å². The molecule has 3 nitrogen and oxygen atoms in total. The van der Waals surface area contributed by atoms with Crippen LogP contribution < -0.4 is 0 Å². The van der Waals surface area contributed by atoms with E-state index >= 15 is 0 Å². The second-order valence-corrected chi connectivity index (χ2v) is 4.04. The summed E-state index contributed by atoms with van der Waals surface area (Å²) < 4.78 is 52.0. The van der Waals surface area contributed by atoms with Crippen LogP contribution in [0, 0.1) is 38.2 Å². The van der Waals surface area contributed by atoms with Gasteiger partial charge < -0.3 is 5.11 Å². The summed E-state index contributed by atoms with van der Waals surface area (Å²) in [6.45, 7) is 0. The van der Waals surface area contributed by atoms with Gasteiger partial charge in [0.05, 0.1) is 9.13 Å². The van der Waals surface area contributed by atoms with Crippen LogP contribution in [-0.2, 0) is 4.79 Å². The zero-order valence-electron chi connectivity index (χ0n) is 8.27. The zero-order valence-corrected chi connectivity index (χ0v) is 10.4. The predicted molar refractivity (Wildman–Crippen MR) is 60.2 cm³/mol. The molecule has 0 aliphatic rings. The molecule has 0 atom stereocenters.